The van der Waals surface area contributed by atoms with E-state index >= 15 is 0 Å². The summed E-state index contributed by atoms with van der Waals surface area (Å²) in [5.74, 6) is 0.959. The molecule has 0 spiro atoms. The number of carbonyl (C=O) groups is 1. The number of hydrogen-bond donors (Lipinski definition) is 0. The van der Waals surface area contributed by atoms with Crippen LogP contribution < -0.4 is 4.74 Å². The maximum atomic E-state index is 12.7. The molecule has 1 aromatic carbocycles. The van der Waals surface area contributed by atoms with Gasteiger partial charge in [-0.2, -0.15) is 0 Å². The first-order valence-electron chi connectivity index (χ1n) is 7.72. The van der Waals surface area contributed by atoms with Crippen LogP contribution in [0.1, 0.15) is 51.4 Å². The quantitative estimate of drug-likeness (QED) is 0.782. The number of ketones is 1. The fraction of sp³-hybridized carbons (Fsp3) is 0.389. The van der Waals surface area contributed by atoms with Crippen LogP contribution in [0.3, 0.4) is 0 Å². The Balaban J connectivity index is 1.59. The second kappa shape index (κ2) is 5.30. The van der Waals surface area contributed by atoms with Gasteiger partial charge in [-0.25, -0.2) is 0 Å². The molecule has 2 aliphatic rings. The number of carbonyl (C=O) groups excluding carboxylic acids is 1. The molecule has 0 bridgehead atoms. The van der Waals surface area contributed by atoms with Gasteiger partial charge in [0.05, 0.1) is 11.0 Å². The fourth-order valence-corrected chi connectivity index (χ4v) is 4.05. The first kappa shape index (κ1) is 13.1. The Morgan fingerprint density at radius 2 is 2.00 bits per heavy atom. The first-order valence-corrected chi connectivity index (χ1v) is 8.54. The average Bonchev–Trinajstić information content (AvgIpc) is 3.21. The predicted molar refractivity (Wildman–Crippen MR) is 84.5 cm³/mol. The Hall–Kier alpha value is -1.61. The zero-order chi connectivity index (χ0) is 14.2. The van der Waals surface area contributed by atoms with E-state index in [-0.39, 0.29) is 5.78 Å². The Kier molecular flexibility index (Phi) is 3.30. The molecule has 0 amide bonds. The molecule has 0 atom stereocenters. The van der Waals surface area contributed by atoms with Crippen molar-refractivity contribution in [3.05, 3.63) is 51.2 Å². The third-order valence-corrected chi connectivity index (χ3v) is 5.38. The molecule has 3 heteroatoms. The van der Waals surface area contributed by atoms with E-state index in [1.807, 2.05) is 24.3 Å². The van der Waals surface area contributed by atoms with Crippen molar-refractivity contribution in [3.8, 4) is 5.75 Å². The minimum Gasteiger partial charge on any atom is -0.490 e. The molecule has 1 saturated carbocycles. The Morgan fingerprint density at radius 3 is 2.81 bits per heavy atom. The van der Waals surface area contributed by atoms with E-state index in [1.165, 1.54) is 23.3 Å². The normalized spacial score (nSPS) is 17.3. The molecule has 108 valence electrons. The monoisotopic (exact) mass is 298 g/mol. The molecule has 2 aromatic rings. The lowest BCUT2D eigenvalue weighted by Gasteiger charge is -2.08. The zero-order valence-electron chi connectivity index (χ0n) is 11.9. The molecule has 0 unspecified atom stereocenters. The summed E-state index contributed by atoms with van der Waals surface area (Å²) in [6.07, 6.45) is 7.41. The van der Waals surface area contributed by atoms with E-state index in [4.69, 9.17) is 4.74 Å². The topological polar surface area (TPSA) is 26.3 Å². The lowest BCUT2D eigenvalue weighted by molar-refractivity contribution is 0.104. The summed E-state index contributed by atoms with van der Waals surface area (Å²) in [4.78, 5) is 15.0. The molecule has 0 N–H and O–H groups in total. The summed E-state index contributed by atoms with van der Waals surface area (Å²) in [5.41, 5.74) is 2.13. The van der Waals surface area contributed by atoms with Crippen LogP contribution in [-0.4, -0.2) is 11.9 Å². The number of ether oxygens (including phenoxy) is 1. The van der Waals surface area contributed by atoms with E-state index in [0.717, 1.165) is 41.9 Å². The summed E-state index contributed by atoms with van der Waals surface area (Å²) >= 11 is 1.68. The Morgan fingerprint density at radius 1 is 1.14 bits per heavy atom. The van der Waals surface area contributed by atoms with Gasteiger partial charge in [-0.1, -0.05) is 12.1 Å². The van der Waals surface area contributed by atoms with Gasteiger partial charge in [0.25, 0.3) is 0 Å². The van der Waals surface area contributed by atoms with Crippen LogP contribution in [-0.2, 0) is 12.8 Å². The highest BCUT2D eigenvalue weighted by Crippen LogP contribution is 2.32. The van der Waals surface area contributed by atoms with E-state index < -0.39 is 0 Å². The molecule has 4 rings (SSSR count). The van der Waals surface area contributed by atoms with E-state index in [0.29, 0.717) is 6.10 Å². The first-order chi connectivity index (χ1) is 10.3. The van der Waals surface area contributed by atoms with Crippen molar-refractivity contribution in [1.29, 1.82) is 0 Å². The molecule has 1 aromatic heterocycles. The van der Waals surface area contributed by atoms with Gasteiger partial charge < -0.3 is 4.74 Å². The summed E-state index contributed by atoms with van der Waals surface area (Å²) < 4.78 is 5.78. The molecule has 0 aliphatic heterocycles. The molecule has 0 saturated heterocycles. The van der Waals surface area contributed by atoms with Crippen LogP contribution in [0.25, 0.3) is 0 Å². The van der Waals surface area contributed by atoms with Crippen molar-refractivity contribution in [2.24, 2.45) is 0 Å². The lowest BCUT2D eigenvalue weighted by atomic mass is 9.98. The van der Waals surface area contributed by atoms with Crippen LogP contribution >= 0.6 is 11.3 Å². The highest BCUT2D eigenvalue weighted by atomic mass is 32.1. The standard InChI is InChI=1S/C18H18O2S/c19-18(17-11-12-4-1-2-7-16(12)21-17)13-5-3-6-15(10-13)20-14-8-9-14/h3,5-6,10-11,14H,1-2,4,7-9H2. The molecule has 1 heterocycles. The lowest BCUT2D eigenvalue weighted by Crippen LogP contribution is -2.01. The van der Waals surface area contributed by atoms with Gasteiger partial charge in [0.2, 0.25) is 5.78 Å². The second-order valence-electron chi connectivity index (χ2n) is 5.94. The van der Waals surface area contributed by atoms with Crippen LogP contribution in [0.4, 0.5) is 0 Å². The maximum Gasteiger partial charge on any atom is 0.203 e. The SMILES string of the molecule is O=C(c1cccc(OC2CC2)c1)c1cc2c(s1)CCCC2. The van der Waals surface area contributed by atoms with Gasteiger partial charge in [-0.3, -0.25) is 4.79 Å². The fourth-order valence-electron chi connectivity index (χ4n) is 2.83. The zero-order valence-corrected chi connectivity index (χ0v) is 12.7. The van der Waals surface area contributed by atoms with Crippen molar-refractivity contribution in [3.63, 3.8) is 0 Å². The van der Waals surface area contributed by atoms with Crippen molar-refractivity contribution >= 4 is 17.1 Å². The number of fused-ring (bicyclic) bond motifs is 1. The average molecular weight is 298 g/mol. The van der Waals surface area contributed by atoms with Crippen LogP contribution in [0.5, 0.6) is 5.75 Å². The van der Waals surface area contributed by atoms with Gasteiger partial charge in [0.15, 0.2) is 0 Å². The minimum atomic E-state index is 0.135. The third kappa shape index (κ3) is 2.75. The largest absolute Gasteiger partial charge is 0.490 e. The number of thiophene rings is 1. The number of rotatable bonds is 4. The molecule has 21 heavy (non-hydrogen) atoms. The van der Waals surface area contributed by atoms with Gasteiger partial charge >= 0.3 is 0 Å². The molecular weight excluding hydrogens is 280 g/mol. The van der Waals surface area contributed by atoms with Crippen LogP contribution in [0, 0.1) is 0 Å². The summed E-state index contributed by atoms with van der Waals surface area (Å²) in [5, 5.41) is 0. The minimum absolute atomic E-state index is 0.135. The molecule has 2 nitrogen and oxygen atoms in total. The van der Waals surface area contributed by atoms with Gasteiger partial charge in [-0.05, 0) is 62.3 Å². The second-order valence-corrected chi connectivity index (χ2v) is 7.08. The summed E-state index contributed by atoms with van der Waals surface area (Å²) in [6.45, 7) is 0. The van der Waals surface area contributed by atoms with Crippen molar-refractivity contribution < 1.29 is 9.53 Å². The molecule has 2 aliphatic carbocycles. The number of hydrogen-bond acceptors (Lipinski definition) is 3. The molecular formula is C18H18O2S. The Bertz CT molecular complexity index is 659. The van der Waals surface area contributed by atoms with E-state index in [1.54, 1.807) is 11.3 Å². The van der Waals surface area contributed by atoms with E-state index in [2.05, 4.69) is 6.07 Å². The number of aryl methyl sites for hydroxylation is 2. The smallest absolute Gasteiger partial charge is 0.203 e. The molecule has 0 radical (unpaired) electrons. The van der Waals surface area contributed by atoms with Crippen molar-refractivity contribution in [2.75, 3.05) is 0 Å². The Labute approximate surface area is 128 Å². The van der Waals surface area contributed by atoms with Gasteiger partial charge in [-0.15, -0.1) is 11.3 Å². The molecule has 1 fully saturated rings. The number of benzene rings is 1. The summed E-state index contributed by atoms with van der Waals surface area (Å²) in [6, 6.07) is 9.74. The third-order valence-electron chi connectivity index (χ3n) is 4.14. The summed E-state index contributed by atoms with van der Waals surface area (Å²) in [7, 11) is 0. The van der Waals surface area contributed by atoms with E-state index in [9.17, 15) is 4.79 Å². The van der Waals surface area contributed by atoms with Crippen LogP contribution in [0.2, 0.25) is 0 Å². The van der Waals surface area contributed by atoms with Crippen molar-refractivity contribution in [2.45, 2.75) is 44.6 Å². The highest BCUT2D eigenvalue weighted by Gasteiger charge is 2.24. The van der Waals surface area contributed by atoms with Gasteiger partial charge in [0.1, 0.15) is 5.75 Å². The predicted octanol–water partition coefficient (Wildman–Crippen LogP) is 4.40. The van der Waals surface area contributed by atoms with Crippen molar-refractivity contribution in [1.82, 2.24) is 0 Å². The maximum absolute atomic E-state index is 12.7. The van der Waals surface area contributed by atoms with Crippen LogP contribution in [0.15, 0.2) is 30.3 Å². The highest BCUT2D eigenvalue weighted by molar-refractivity contribution is 7.14. The van der Waals surface area contributed by atoms with Gasteiger partial charge in [0, 0.05) is 10.4 Å².